The molecular weight excluding hydrogens is 540 g/mol. The highest BCUT2D eigenvalue weighted by molar-refractivity contribution is 7.21. The molecule has 10 nitrogen and oxygen atoms in total. The molecule has 4 N–H and O–H groups in total. The van der Waals surface area contributed by atoms with Crippen molar-refractivity contribution in [3.05, 3.63) is 83.4 Å². The summed E-state index contributed by atoms with van der Waals surface area (Å²) in [5.41, 5.74) is 8.07. The number of benzene rings is 2. The van der Waals surface area contributed by atoms with E-state index in [9.17, 15) is 14.4 Å². The van der Waals surface area contributed by atoms with Gasteiger partial charge in [-0.3, -0.25) is 14.5 Å². The Labute approximate surface area is 240 Å². The number of ether oxygens (including phenoxy) is 1. The molecule has 2 aliphatic rings. The van der Waals surface area contributed by atoms with Gasteiger partial charge in [0.1, 0.15) is 21.2 Å². The number of nitrogens with zero attached hydrogens (tertiary/aromatic N) is 3. The van der Waals surface area contributed by atoms with Gasteiger partial charge >= 0.3 is 6.03 Å². The topological polar surface area (TPSA) is 130 Å². The number of pyridine rings is 1. The van der Waals surface area contributed by atoms with Gasteiger partial charge in [-0.25, -0.2) is 9.78 Å². The lowest BCUT2D eigenvalue weighted by atomic mass is 10.1. The van der Waals surface area contributed by atoms with E-state index in [-0.39, 0.29) is 23.9 Å². The van der Waals surface area contributed by atoms with E-state index < -0.39 is 0 Å². The molecule has 4 aromatic rings. The molecule has 0 aliphatic carbocycles. The van der Waals surface area contributed by atoms with Crippen LogP contribution in [0.1, 0.15) is 21.7 Å². The number of carbonyl (C=O) groups excluding carboxylic acids is 3. The van der Waals surface area contributed by atoms with E-state index in [2.05, 4.69) is 15.6 Å². The van der Waals surface area contributed by atoms with Crippen molar-refractivity contribution < 1.29 is 19.1 Å². The van der Waals surface area contributed by atoms with Crippen molar-refractivity contribution in [1.82, 2.24) is 15.2 Å². The number of rotatable bonds is 7. The standard InChI is InChI=1S/C30H28N6O4S/c1-18-16-21(40-20-6-3-2-4-7-20)9-10-22(18)36-23-11-14-32-29-25(23)26(34-30(36)39)27(41-29)28(38)33-19-12-15-35(17-19)24(37)8-5-13-31/h2-11,14,16,19H,12-13,15,17,31H2,1H3,(H,33,38)(H,34,39)/b8-5+/t19-/m1/s1. The molecule has 41 heavy (non-hydrogen) atoms. The number of anilines is 3. The lowest BCUT2D eigenvalue weighted by molar-refractivity contribution is -0.125. The number of para-hydroxylation sites is 1. The second-order valence-corrected chi connectivity index (χ2v) is 10.8. The predicted octanol–water partition coefficient (Wildman–Crippen LogP) is 4.93. The number of thiophene rings is 1. The zero-order chi connectivity index (χ0) is 28.5. The maximum atomic E-state index is 13.5. The Balaban J connectivity index is 1.26. The lowest BCUT2D eigenvalue weighted by Gasteiger charge is -2.29. The van der Waals surface area contributed by atoms with Gasteiger partial charge in [0.15, 0.2) is 0 Å². The summed E-state index contributed by atoms with van der Waals surface area (Å²) in [5.74, 6) is 0.950. The second-order valence-electron chi connectivity index (χ2n) is 9.83. The first-order valence-electron chi connectivity index (χ1n) is 13.3. The first-order valence-corrected chi connectivity index (χ1v) is 14.1. The molecule has 1 saturated heterocycles. The first-order chi connectivity index (χ1) is 19.9. The number of aromatic nitrogens is 1. The van der Waals surface area contributed by atoms with Gasteiger partial charge in [0.2, 0.25) is 5.91 Å². The number of aryl methyl sites for hydroxylation is 1. The summed E-state index contributed by atoms with van der Waals surface area (Å²) in [7, 11) is 0. The zero-order valence-corrected chi connectivity index (χ0v) is 23.1. The van der Waals surface area contributed by atoms with Crippen LogP contribution in [0.5, 0.6) is 11.5 Å². The Kier molecular flexibility index (Phi) is 7.12. The monoisotopic (exact) mass is 568 g/mol. The average Bonchev–Trinajstić information content (AvgIpc) is 3.59. The van der Waals surface area contributed by atoms with Crippen molar-refractivity contribution in [3.63, 3.8) is 0 Å². The highest BCUT2D eigenvalue weighted by atomic mass is 32.1. The molecular formula is C30H28N6O4S. The molecule has 6 rings (SSSR count). The van der Waals surface area contributed by atoms with Crippen LogP contribution >= 0.6 is 11.3 Å². The Morgan fingerprint density at radius 1 is 1.17 bits per heavy atom. The fraction of sp³-hybridized carbons (Fsp3) is 0.200. The number of hydrogen-bond acceptors (Lipinski definition) is 7. The van der Waals surface area contributed by atoms with Crippen molar-refractivity contribution in [1.29, 1.82) is 0 Å². The van der Waals surface area contributed by atoms with Gasteiger partial charge in [-0.1, -0.05) is 24.3 Å². The van der Waals surface area contributed by atoms with Crippen LogP contribution in [0.4, 0.5) is 21.9 Å². The molecule has 0 unspecified atom stereocenters. The highest BCUT2D eigenvalue weighted by Gasteiger charge is 2.34. The van der Waals surface area contributed by atoms with Crippen LogP contribution in [0.3, 0.4) is 0 Å². The normalized spacial score (nSPS) is 16.3. The molecule has 11 heteroatoms. The van der Waals surface area contributed by atoms with Crippen molar-refractivity contribution in [2.24, 2.45) is 5.73 Å². The summed E-state index contributed by atoms with van der Waals surface area (Å²) in [6, 6.07) is 16.3. The largest absolute Gasteiger partial charge is 0.457 e. The zero-order valence-electron chi connectivity index (χ0n) is 22.3. The first kappa shape index (κ1) is 26.5. The lowest BCUT2D eigenvalue weighted by Crippen LogP contribution is -2.39. The fourth-order valence-electron chi connectivity index (χ4n) is 5.15. The van der Waals surface area contributed by atoms with Crippen molar-refractivity contribution >= 4 is 56.5 Å². The smallest absolute Gasteiger partial charge is 0.331 e. The van der Waals surface area contributed by atoms with Crippen LogP contribution < -0.4 is 26.0 Å². The minimum atomic E-state index is -0.374. The SMILES string of the molecule is Cc1cc(Oc2ccccc2)ccc1N1C(=O)Nc2c(C(=O)N[C@@H]3CCN(C(=O)/C=C/CN)C3)sc3nccc1c23. The van der Waals surface area contributed by atoms with E-state index in [1.165, 1.54) is 17.4 Å². The quantitative estimate of drug-likeness (QED) is 0.271. The van der Waals surface area contributed by atoms with Gasteiger partial charge in [0, 0.05) is 37.9 Å². The molecule has 0 saturated carbocycles. The molecule has 4 heterocycles. The molecule has 0 bridgehead atoms. The van der Waals surface area contributed by atoms with Crippen LogP contribution in [0, 0.1) is 6.92 Å². The number of hydrogen-bond donors (Lipinski definition) is 3. The van der Waals surface area contributed by atoms with Gasteiger partial charge in [-0.05, 0) is 55.3 Å². The number of nitrogens with one attached hydrogen (secondary N) is 2. The van der Waals surface area contributed by atoms with Gasteiger partial charge in [-0.2, -0.15) is 0 Å². The van der Waals surface area contributed by atoms with Gasteiger partial charge in [0.05, 0.1) is 22.4 Å². The van der Waals surface area contributed by atoms with Crippen LogP contribution in [-0.4, -0.2) is 53.4 Å². The molecule has 2 aliphatic heterocycles. The summed E-state index contributed by atoms with van der Waals surface area (Å²) < 4.78 is 5.96. The van der Waals surface area contributed by atoms with Gasteiger partial charge in [-0.15, -0.1) is 11.3 Å². The van der Waals surface area contributed by atoms with E-state index in [0.717, 1.165) is 11.3 Å². The molecule has 2 aromatic carbocycles. The molecule has 1 fully saturated rings. The van der Waals surface area contributed by atoms with Gasteiger partial charge < -0.3 is 26.0 Å². The molecule has 4 amide bonds. The number of urea groups is 1. The third kappa shape index (κ3) is 5.12. The molecule has 1 atom stereocenters. The van der Waals surface area contributed by atoms with E-state index >= 15 is 0 Å². The van der Waals surface area contributed by atoms with E-state index in [1.807, 2.05) is 55.5 Å². The van der Waals surface area contributed by atoms with E-state index in [1.54, 1.807) is 28.1 Å². The maximum absolute atomic E-state index is 13.5. The van der Waals surface area contributed by atoms with Crippen molar-refractivity contribution in [2.75, 3.05) is 29.9 Å². The Morgan fingerprint density at radius 3 is 2.78 bits per heavy atom. The summed E-state index contributed by atoms with van der Waals surface area (Å²) in [6.45, 7) is 3.17. The number of amides is 4. The Morgan fingerprint density at radius 2 is 2.00 bits per heavy atom. The molecule has 0 spiro atoms. The van der Waals surface area contributed by atoms with Gasteiger partial charge in [0.25, 0.3) is 5.91 Å². The third-order valence-corrected chi connectivity index (χ3v) is 8.17. The Bertz CT molecular complexity index is 1690. The van der Waals surface area contributed by atoms with E-state index in [0.29, 0.717) is 64.0 Å². The summed E-state index contributed by atoms with van der Waals surface area (Å²) in [5, 5.41) is 6.68. The van der Waals surface area contributed by atoms with Crippen LogP contribution in [-0.2, 0) is 4.79 Å². The van der Waals surface area contributed by atoms with Crippen LogP contribution in [0.2, 0.25) is 0 Å². The fourth-order valence-corrected chi connectivity index (χ4v) is 6.18. The minimum Gasteiger partial charge on any atom is -0.457 e. The van der Waals surface area contributed by atoms with Crippen molar-refractivity contribution in [2.45, 2.75) is 19.4 Å². The second kappa shape index (κ2) is 11.0. The third-order valence-electron chi connectivity index (χ3n) is 7.07. The number of likely N-dealkylation sites (tertiary alicyclic amines) is 1. The Hall–Kier alpha value is -4.74. The predicted molar refractivity (Wildman–Crippen MR) is 159 cm³/mol. The summed E-state index contributed by atoms with van der Waals surface area (Å²) in [6.07, 6.45) is 5.35. The van der Waals surface area contributed by atoms with Crippen LogP contribution in [0.25, 0.3) is 10.2 Å². The highest BCUT2D eigenvalue weighted by Crippen LogP contribution is 2.46. The molecule has 2 aromatic heterocycles. The summed E-state index contributed by atoms with van der Waals surface area (Å²) >= 11 is 1.23. The number of carbonyl (C=O) groups is 3. The summed E-state index contributed by atoms with van der Waals surface area (Å²) in [4.78, 5) is 48.0. The van der Waals surface area contributed by atoms with E-state index in [4.69, 9.17) is 10.5 Å². The molecule has 208 valence electrons. The van der Waals surface area contributed by atoms with Crippen LogP contribution in [0.15, 0.2) is 72.9 Å². The van der Waals surface area contributed by atoms with Crippen molar-refractivity contribution in [3.8, 4) is 11.5 Å². The average molecular weight is 569 g/mol. The number of nitrogens with two attached hydrogens (primary N) is 1. The molecule has 0 radical (unpaired) electrons. The maximum Gasteiger partial charge on any atom is 0.331 e. The minimum absolute atomic E-state index is 0.125.